The van der Waals surface area contributed by atoms with Crippen molar-refractivity contribution in [3.8, 4) is 0 Å². The largest absolute Gasteiger partial charge is 0.448 e. The lowest BCUT2D eigenvalue weighted by Gasteiger charge is -2.39. The van der Waals surface area contributed by atoms with Crippen LogP contribution in [0.3, 0.4) is 0 Å². The van der Waals surface area contributed by atoms with E-state index in [0.29, 0.717) is 44.4 Å². The molecule has 2 unspecified atom stereocenters. The number of nitrogens with zero attached hydrogens (tertiary/aromatic N) is 4. The zero-order valence-electron chi connectivity index (χ0n) is 16.7. The average Bonchev–Trinajstić information content (AvgIpc) is 3.11. The van der Waals surface area contributed by atoms with Gasteiger partial charge in [-0.25, -0.2) is 4.79 Å². The van der Waals surface area contributed by atoms with E-state index in [1.165, 1.54) is 18.5 Å². The zero-order chi connectivity index (χ0) is 21.3. The number of carbonyl (C=O) groups is 1. The Balaban J connectivity index is 1.50. The lowest BCUT2D eigenvalue weighted by Crippen LogP contribution is -2.50. The zero-order valence-corrected chi connectivity index (χ0v) is 16.7. The summed E-state index contributed by atoms with van der Waals surface area (Å²) in [5.74, 6) is 0.349. The molecule has 1 amide bonds. The second-order valence-electron chi connectivity index (χ2n) is 7.88. The van der Waals surface area contributed by atoms with Crippen LogP contribution in [0.2, 0.25) is 0 Å². The first-order valence-corrected chi connectivity index (χ1v) is 10.0. The smallest absolute Gasteiger partial charge is 0.418 e. The third kappa shape index (κ3) is 4.28. The maximum absolute atomic E-state index is 13.4. The highest BCUT2D eigenvalue weighted by molar-refractivity contribution is 5.90. The van der Waals surface area contributed by atoms with Gasteiger partial charge in [0.15, 0.2) is 0 Å². The second-order valence-corrected chi connectivity index (χ2v) is 7.88. The van der Waals surface area contributed by atoms with E-state index in [0.717, 1.165) is 19.0 Å². The van der Waals surface area contributed by atoms with Gasteiger partial charge >= 0.3 is 12.3 Å². The fourth-order valence-electron chi connectivity index (χ4n) is 4.26. The van der Waals surface area contributed by atoms with E-state index >= 15 is 0 Å². The molecule has 2 aliphatic heterocycles. The van der Waals surface area contributed by atoms with E-state index in [4.69, 9.17) is 4.74 Å². The van der Waals surface area contributed by atoms with E-state index in [1.54, 1.807) is 4.90 Å². The van der Waals surface area contributed by atoms with E-state index in [9.17, 15) is 18.0 Å². The number of aromatic nitrogens is 2. The molecule has 2 fully saturated rings. The SMILES string of the molecule is CC1CC(NCCN2CCOC2=O)CN(c2ccc(C(F)(F)F)c3nccnc23)C1. The van der Waals surface area contributed by atoms with Gasteiger partial charge in [0.1, 0.15) is 17.6 Å². The summed E-state index contributed by atoms with van der Waals surface area (Å²) < 4.78 is 45.1. The average molecular weight is 423 g/mol. The Labute approximate surface area is 172 Å². The molecule has 2 aromatic rings. The minimum Gasteiger partial charge on any atom is -0.448 e. The van der Waals surface area contributed by atoms with Gasteiger partial charge in [0, 0.05) is 44.6 Å². The summed E-state index contributed by atoms with van der Waals surface area (Å²) in [6, 6.07) is 2.74. The maximum Gasteiger partial charge on any atom is 0.418 e. The van der Waals surface area contributed by atoms with Crippen molar-refractivity contribution >= 4 is 22.8 Å². The standard InChI is InChI=1S/C20H24F3N5O2/c1-13-10-14(24-6-7-27-8-9-30-19(27)29)12-28(11-13)16-3-2-15(20(21,22)23)17-18(16)26-5-4-25-17/h2-5,13-14,24H,6-12H2,1H3. The summed E-state index contributed by atoms with van der Waals surface area (Å²) in [7, 11) is 0. The molecule has 162 valence electrons. The van der Waals surface area contributed by atoms with Gasteiger partial charge in [-0.1, -0.05) is 6.92 Å². The predicted molar refractivity (Wildman–Crippen MR) is 105 cm³/mol. The number of piperidine rings is 1. The van der Waals surface area contributed by atoms with Crippen LogP contribution < -0.4 is 10.2 Å². The summed E-state index contributed by atoms with van der Waals surface area (Å²) in [6.45, 7) is 5.72. The molecule has 1 aromatic heterocycles. The van der Waals surface area contributed by atoms with Crippen molar-refractivity contribution in [2.75, 3.05) is 44.2 Å². The van der Waals surface area contributed by atoms with Gasteiger partial charge in [0.05, 0.1) is 17.8 Å². The second kappa shape index (κ2) is 8.25. The molecule has 3 heterocycles. The van der Waals surface area contributed by atoms with Crippen molar-refractivity contribution < 1.29 is 22.7 Å². The molecule has 2 saturated heterocycles. The van der Waals surface area contributed by atoms with Crippen molar-refractivity contribution in [2.45, 2.75) is 25.6 Å². The summed E-state index contributed by atoms with van der Waals surface area (Å²) in [4.78, 5) is 23.5. The molecule has 1 N–H and O–H groups in total. The number of hydrogen-bond donors (Lipinski definition) is 1. The van der Waals surface area contributed by atoms with Crippen LogP contribution in [-0.2, 0) is 10.9 Å². The van der Waals surface area contributed by atoms with Gasteiger partial charge in [-0.15, -0.1) is 0 Å². The number of cyclic esters (lactones) is 1. The molecule has 4 rings (SSSR count). The van der Waals surface area contributed by atoms with Crippen LogP contribution in [0.15, 0.2) is 24.5 Å². The predicted octanol–water partition coefficient (Wildman–Crippen LogP) is 2.91. The number of nitrogens with one attached hydrogen (secondary N) is 1. The normalized spacial score (nSPS) is 22.6. The molecule has 1 aromatic carbocycles. The summed E-state index contributed by atoms with van der Waals surface area (Å²) in [5.41, 5.74) is 0.0249. The molecule has 2 atom stereocenters. The molecular formula is C20H24F3N5O2. The van der Waals surface area contributed by atoms with Crippen LogP contribution in [0, 0.1) is 5.92 Å². The van der Waals surface area contributed by atoms with Crippen LogP contribution >= 0.6 is 0 Å². The molecule has 2 aliphatic rings. The fraction of sp³-hybridized carbons (Fsp3) is 0.550. The van der Waals surface area contributed by atoms with Crippen LogP contribution in [0.25, 0.3) is 11.0 Å². The van der Waals surface area contributed by atoms with Crippen molar-refractivity contribution in [1.29, 1.82) is 0 Å². The number of rotatable bonds is 5. The first kappa shape index (κ1) is 20.6. The fourth-order valence-corrected chi connectivity index (χ4v) is 4.26. The van der Waals surface area contributed by atoms with Crippen LogP contribution in [-0.4, -0.2) is 66.3 Å². The minimum atomic E-state index is -4.48. The third-order valence-corrected chi connectivity index (χ3v) is 5.57. The Morgan fingerprint density at radius 3 is 2.67 bits per heavy atom. The first-order valence-electron chi connectivity index (χ1n) is 10.0. The number of hydrogen-bond acceptors (Lipinski definition) is 6. The minimum absolute atomic E-state index is 0.127. The third-order valence-electron chi connectivity index (χ3n) is 5.57. The quantitative estimate of drug-likeness (QED) is 0.798. The van der Waals surface area contributed by atoms with Crippen molar-refractivity contribution in [3.05, 3.63) is 30.1 Å². The van der Waals surface area contributed by atoms with E-state index in [2.05, 4.69) is 27.1 Å². The van der Waals surface area contributed by atoms with Gasteiger partial charge in [-0.3, -0.25) is 9.97 Å². The highest BCUT2D eigenvalue weighted by Gasteiger charge is 2.35. The highest BCUT2D eigenvalue weighted by Crippen LogP contribution is 2.37. The molecule has 30 heavy (non-hydrogen) atoms. The van der Waals surface area contributed by atoms with Crippen LogP contribution in [0.1, 0.15) is 18.9 Å². The van der Waals surface area contributed by atoms with E-state index < -0.39 is 11.7 Å². The van der Waals surface area contributed by atoms with Crippen molar-refractivity contribution in [1.82, 2.24) is 20.2 Å². The number of anilines is 1. The van der Waals surface area contributed by atoms with Crippen LogP contribution in [0.5, 0.6) is 0 Å². The number of benzene rings is 1. The number of amides is 1. The number of alkyl halides is 3. The Hall–Kier alpha value is -2.62. The van der Waals surface area contributed by atoms with Gasteiger partial charge in [-0.2, -0.15) is 13.2 Å². The molecular weight excluding hydrogens is 399 g/mol. The number of carbonyl (C=O) groups excluding carboxylic acids is 1. The summed E-state index contributed by atoms with van der Waals surface area (Å²) in [6.07, 6.45) is -1.11. The molecule has 0 saturated carbocycles. The van der Waals surface area contributed by atoms with Gasteiger partial charge < -0.3 is 19.9 Å². The van der Waals surface area contributed by atoms with E-state index in [1.807, 2.05) is 0 Å². The molecule has 0 radical (unpaired) electrons. The Bertz CT molecular complexity index is 923. The van der Waals surface area contributed by atoms with Crippen molar-refractivity contribution in [2.24, 2.45) is 5.92 Å². The van der Waals surface area contributed by atoms with Gasteiger partial charge in [0.25, 0.3) is 0 Å². The Kier molecular flexibility index (Phi) is 5.68. The van der Waals surface area contributed by atoms with Gasteiger partial charge in [-0.05, 0) is 24.5 Å². The highest BCUT2D eigenvalue weighted by atomic mass is 19.4. The Morgan fingerprint density at radius 1 is 1.20 bits per heavy atom. The Morgan fingerprint density at radius 2 is 1.97 bits per heavy atom. The lowest BCUT2D eigenvalue weighted by molar-refractivity contribution is -0.136. The monoisotopic (exact) mass is 423 g/mol. The topological polar surface area (TPSA) is 70.6 Å². The molecule has 0 spiro atoms. The number of fused-ring (bicyclic) bond motifs is 1. The molecule has 0 aliphatic carbocycles. The number of ether oxygens (including phenoxy) is 1. The molecule has 7 nitrogen and oxygen atoms in total. The first-order chi connectivity index (χ1) is 14.3. The van der Waals surface area contributed by atoms with Crippen LogP contribution in [0.4, 0.5) is 23.7 Å². The maximum atomic E-state index is 13.4. The molecule has 10 heteroatoms. The van der Waals surface area contributed by atoms with E-state index in [-0.39, 0.29) is 23.2 Å². The molecule has 0 bridgehead atoms. The summed E-state index contributed by atoms with van der Waals surface area (Å²) in [5, 5.41) is 3.48. The number of halogens is 3. The van der Waals surface area contributed by atoms with Crippen molar-refractivity contribution in [3.63, 3.8) is 0 Å². The lowest BCUT2D eigenvalue weighted by atomic mass is 9.95. The van der Waals surface area contributed by atoms with Gasteiger partial charge in [0.2, 0.25) is 0 Å². The summed E-state index contributed by atoms with van der Waals surface area (Å²) >= 11 is 0.